The van der Waals surface area contributed by atoms with Gasteiger partial charge in [0.25, 0.3) is 0 Å². The van der Waals surface area contributed by atoms with Crippen LogP contribution in [0.1, 0.15) is 23.4 Å². The summed E-state index contributed by atoms with van der Waals surface area (Å²) in [6.45, 7) is 7.43. The molecular weight excluding hydrogens is 374 g/mol. The lowest BCUT2D eigenvalue weighted by Crippen LogP contribution is -2.34. The molecule has 2 aromatic carbocycles. The van der Waals surface area contributed by atoms with Crippen molar-refractivity contribution in [2.75, 3.05) is 29.9 Å². The fourth-order valence-electron chi connectivity index (χ4n) is 4.04. The number of urea groups is 1. The molecule has 3 aromatic rings. The van der Waals surface area contributed by atoms with Crippen LogP contribution < -0.4 is 15.5 Å². The van der Waals surface area contributed by atoms with Crippen LogP contribution in [0.2, 0.25) is 0 Å². The molecule has 0 bridgehead atoms. The first-order valence-electron chi connectivity index (χ1n) is 10.5. The second kappa shape index (κ2) is 9.03. The summed E-state index contributed by atoms with van der Waals surface area (Å²) in [5.74, 6) is 0.466. The molecule has 1 aliphatic heterocycles. The summed E-state index contributed by atoms with van der Waals surface area (Å²) in [4.78, 5) is 14.8. The van der Waals surface area contributed by atoms with Crippen LogP contribution >= 0.6 is 0 Å². The van der Waals surface area contributed by atoms with E-state index in [9.17, 15) is 4.79 Å². The van der Waals surface area contributed by atoms with Gasteiger partial charge in [0.05, 0.1) is 12.2 Å². The van der Waals surface area contributed by atoms with Crippen molar-refractivity contribution in [1.82, 2.24) is 15.1 Å². The highest BCUT2D eigenvalue weighted by Gasteiger charge is 2.22. The molecule has 6 heteroatoms. The second-order valence-electron chi connectivity index (χ2n) is 8.06. The van der Waals surface area contributed by atoms with Crippen molar-refractivity contribution in [3.63, 3.8) is 0 Å². The van der Waals surface area contributed by atoms with E-state index in [4.69, 9.17) is 0 Å². The number of amides is 2. The molecule has 0 radical (unpaired) electrons. The van der Waals surface area contributed by atoms with E-state index >= 15 is 0 Å². The van der Waals surface area contributed by atoms with Crippen LogP contribution in [-0.2, 0) is 6.54 Å². The van der Waals surface area contributed by atoms with Gasteiger partial charge < -0.3 is 15.5 Å². The van der Waals surface area contributed by atoms with Crippen LogP contribution in [-0.4, -0.2) is 35.4 Å². The number of aromatic nitrogens is 2. The van der Waals surface area contributed by atoms with Gasteiger partial charge in [-0.05, 0) is 62.1 Å². The summed E-state index contributed by atoms with van der Waals surface area (Å²) in [6, 6.07) is 20.3. The number of carbonyl (C=O) groups is 1. The van der Waals surface area contributed by atoms with Gasteiger partial charge in [-0.15, -0.1) is 0 Å². The summed E-state index contributed by atoms with van der Waals surface area (Å²) in [7, 11) is 0. The molecule has 2 heterocycles. The number of nitrogens with one attached hydrogen (secondary N) is 2. The number of rotatable bonds is 6. The molecule has 2 N–H and O–H groups in total. The van der Waals surface area contributed by atoms with E-state index in [0.717, 1.165) is 42.1 Å². The fourth-order valence-corrected chi connectivity index (χ4v) is 4.04. The van der Waals surface area contributed by atoms with Crippen molar-refractivity contribution in [3.05, 3.63) is 77.6 Å². The molecule has 1 aromatic heterocycles. The quantitative estimate of drug-likeness (QED) is 0.649. The number of hydrogen-bond donors (Lipinski definition) is 2. The molecular formula is C24H29N5O. The molecule has 1 saturated heterocycles. The standard InChI is InChI=1S/C24H29N5O/c1-18-13-19(2)29(27-18)17-20-7-6-8-22(14-20)26-24(30)25-15-21-11-12-28(16-21)23-9-4-3-5-10-23/h3-10,13-14,21H,11-12,15-17H2,1-2H3,(H2,25,26,30). The zero-order valence-electron chi connectivity index (χ0n) is 17.6. The predicted molar refractivity (Wildman–Crippen MR) is 121 cm³/mol. The van der Waals surface area contributed by atoms with Crippen LogP contribution in [0.4, 0.5) is 16.2 Å². The van der Waals surface area contributed by atoms with E-state index in [1.807, 2.05) is 35.9 Å². The van der Waals surface area contributed by atoms with E-state index < -0.39 is 0 Å². The minimum absolute atomic E-state index is 0.156. The van der Waals surface area contributed by atoms with Gasteiger partial charge in [-0.3, -0.25) is 4.68 Å². The third-order valence-corrected chi connectivity index (χ3v) is 5.58. The van der Waals surface area contributed by atoms with Gasteiger partial charge >= 0.3 is 6.03 Å². The molecule has 1 unspecified atom stereocenters. The van der Waals surface area contributed by atoms with Gasteiger partial charge in [-0.1, -0.05) is 30.3 Å². The lowest BCUT2D eigenvalue weighted by Gasteiger charge is -2.18. The molecule has 1 atom stereocenters. The van der Waals surface area contributed by atoms with E-state index in [1.165, 1.54) is 5.69 Å². The Bertz CT molecular complexity index is 998. The van der Waals surface area contributed by atoms with Crippen molar-refractivity contribution in [2.24, 2.45) is 5.92 Å². The first-order valence-corrected chi connectivity index (χ1v) is 10.5. The number of carbonyl (C=O) groups excluding carboxylic acids is 1. The van der Waals surface area contributed by atoms with Crippen molar-refractivity contribution in [2.45, 2.75) is 26.8 Å². The number of benzene rings is 2. The maximum atomic E-state index is 12.4. The summed E-state index contributed by atoms with van der Waals surface area (Å²) in [6.07, 6.45) is 1.09. The average Bonchev–Trinajstić information content (AvgIpc) is 3.33. The number of aryl methyl sites for hydroxylation is 2. The van der Waals surface area contributed by atoms with Gasteiger partial charge in [-0.25, -0.2) is 4.79 Å². The number of anilines is 2. The predicted octanol–water partition coefficient (Wildman–Crippen LogP) is 4.20. The Balaban J connectivity index is 1.27. The first-order chi connectivity index (χ1) is 14.6. The SMILES string of the molecule is Cc1cc(C)n(Cc2cccc(NC(=O)NCC3CCN(c4ccccc4)C3)c2)n1. The highest BCUT2D eigenvalue weighted by atomic mass is 16.2. The Hall–Kier alpha value is -3.28. The molecule has 1 fully saturated rings. The molecule has 0 spiro atoms. The minimum atomic E-state index is -0.156. The van der Waals surface area contributed by atoms with Gasteiger partial charge in [0.15, 0.2) is 0 Å². The smallest absolute Gasteiger partial charge is 0.319 e. The van der Waals surface area contributed by atoms with Gasteiger partial charge in [0, 0.05) is 36.7 Å². The zero-order chi connectivity index (χ0) is 20.9. The van der Waals surface area contributed by atoms with Crippen LogP contribution in [0, 0.1) is 19.8 Å². The molecule has 30 heavy (non-hydrogen) atoms. The summed E-state index contributed by atoms with van der Waals surface area (Å²) in [5.41, 5.74) is 5.30. The number of hydrogen-bond acceptors (Lipinski definition) is 3. The van der Waals surface area contributed by atoms with E-state index in [-0.39, 0.29) is 6.03 Å². The van der Waals surface area contributed by atoms with Crippen molar-refractivity contribution in [3.8, 4) is 0 Å². The van der Waals surface area contributed by atoms with Crippen molar-refractivity contribution >= 4 is 17.4 Å². The third-order valence-electron chi connectivity index (χ3n) is 5.58. The van der Waals surface area contributed by atoms with Crippen LogP contribution in [0.3, 0.4) is 0 Å². The fraction of sp³-hybridized carbons (Fsp3) is 0.333. The maximum Gasteiger partial charge on any atom is 0.319 e. The normalized spacial score (nSPS) is 15.9. The van der Waals surface area contributed by atoms with Gasteiger partial charge in [0.1, 0.15) is 0 Å². The molecule has 4 rings (SSSR count). The lowest BCUT2D eigenvalue weighted by molar-refractivity contribution is 0.250. The molecule has 156 valence electrons. The monoisotopic (exact) mass is 403 g/mol. The van der Waals surface area contributed by atoms with Gasteiger partial charge in [0.2, 0.25) is 0 Å². The number of nitrogens with zero attached hydrogens (tertiary/aromatic N) is 3. The zero-order valence-corrected chi connectivity index (χ0v) is 17.6. The highest BCUT2D eigenvalue weighted by molar-refractivity contribution is 5.89. The Morgan fingerprint density at radius 1 is 1.10 bits per heavy atom. The minimum Gasteiger partial charge on any atom is -0.371 e. The molecule has 1 aliphatic rings. The van der Waals surface area contributed by atoms with E-state index in [1.54, 1.807) is 0 Å². The van der Waals surface area contributed by atoms with E-state index in [0.29, 0.717) is 19.0 Å². The van der Waals surface area contributed by atoms with Crippen LogP contribution in [0.25, 0.3) is 0 Å². The molecule has 0 saturated carbocycles. The van der Waals surface area contributed by atoms with Crippen molar-refractivity contribution < 1.29 is 4.79 Å². The molecule has 2 amide bonds. The lowest BCUT2D eigenvalue weighted by atomic mass is 10.1. The highest BCUT2D eigenvalue weighted by Crippen LogP contribution is 2.23. The Labute approximate surface area is 177 Å². The first kappa shape index (κ1) is 20.0. The van der Waals surface area contributed by atoms with Crippen molar-refractivity contribution in [1.29, 1.82) is 0 Å². The largest absolute Gasteiger partial charge is 0.371 e. The Morgan fingerprint density at radius 2 is 1.93 bits per heavy atom. The summed E-state index contributed by atoms with van der Waals surface area (Å²) < 4.78 is 1.98. The molecule has 0 aliphatic carbocycles. The Morgan fingerprint density at radius 3 is 2.70 bits per heavy atom. The van der Waals surface area contributed by atoms with E-state index in [2.05, 4.69) is 64.0 Å². The summed E-state index contributed by atoms with van der Waals surface area (Å²) >= 11 is 0. The average molecular weight is 404 g/mol. The van der Waals surface area contributed by atoms with Gasteiger partial charge in [-0.2, -0.15) is 5.10 Å². The van der Waals surface area contributed by atoms with Crippen LogP contribution in [0.15, 0.2) is 60.7 Å². The topological polar surface area (TPSA) is 62.2 Å². The second-order valence-corrected chi connectivity index (χ2v) is 8.06. The molecule has 6 nitrogen and oxygen atoms in total. The Kier molecular flexibility index (Phi) is 6.02. The summed E-state index contributed by atoms with van der Waals surface area (Å²) in [5, 5.41) is 10.5. The third kappa shape index (κ3) is 5.00. The maximum absolute atomic E-state index is 12.4. The number of para-hydroxylation sites is 1. The van der Waals surface area contributed by atoms with Crippen LogP contribution in [0.5, 0.6) is 0 Å².